The van der Waals surface area contributed by atoms with E-state index < -0.39 is 11.9 Å². The standard InChI is InChI=1S/C8H8ClNO2.C8H8INO2.C2H3ClO.C2H3IN.2CO2.Na/c2*1-5-3-6(9)4-7(10-5)8(11)12-2;1-2(3)4;1-3-2-4;2*2-1-3;/h2*3-4H,1-2H3;2*1H3;;;/q;;;-1;;;+1. The monoisotopic (exact) mass is 819 g/mol. The topological polar surface area (TPSA) is 188 Å². The van der Waals surface area contributed by atoms with Crippen molar-refractivity contribution < 1.29 is 93.8 Å². The Bertz CT molecular complexity index is 1020. The number of esters is 2. The molecule has 17 heteroatoms. The number of nitriles is 1. The molecule has 2 aromatic heterocycles. The molecule has 0 N–H and O–H groups in total. The van der Waals surface area contributed by atoms with Gasteiger partial charge < -0.3 is 9.47 Å². The van der Waals surface area contributed by atoms with Crippen LogP contribution in [0.15, 0.2) is 24.3 Å². The number of carbonyl (C=O) groups is 3. The second kappa shape index (κ2) is 32.4. The van der Waals surface area contributed by atoms with Gasteiger partial charge in [-0.1, -0.05) is 11.6 Å². The van der Waals surface area contributed by atoms with E-state index in [1.807, 2.05) is 22.0 Å². The Morgan fingerprint density at radius 1 is 0.897 bits per heavy atom. The van der Waals surface area contributed by atoms with E-state index in [0.29, 0.717) is 16.4 Å². The molecular weight excluding hydrogens is 798 g/mol. The molecule has 12 nitrogen and oxygen atoms in total. The second-order valence-corrected chi connectivity index (χ2v) is 9.29. The van der Waals surface area contributed by atoms with Gasteiger partial charge in [0.25, 0.3) is 0 Å². The molecule has 0 radical (unpaired) electrons. The first-order valence-electron chi connectivity index (χ1n) is 9.21. The smallest absolute Gasteiger partial charge is 0.186 e. The number of pyridine rings is 2. The maximum atomic E-state index is 11.0. The SMILES string of the molecule is CC(=O)Cl.COC(=O)c1cc(Cl)cc(C)n1.COC(=O)c1cc(I)cc(C)n1.C[I-]C#N.O=C=O.O=C=O.[Na+]. The van der Waals surface area contributed by atoms with Crippen LogP contribution in [0.2, 0.25) is 5.02 Å². The summed E-state index contributed by atoms with van der Waals surface area (Å²) in [5.41, 5.74) is 2.12. The zero-order valence-electron chi connectivity index (χ0n) is 21.8. The first-order chi connectivity index (χ1) is 17.7. The summed E-state index contributed by atoms with van der Waals surface area (Å²) < 4.78 is 12.1. The Kier molecular flexibility index (Phi) is 39.1. The minimum absolute atomic E-state index is 0. The predicted molar refractivity (Wildman–Crippen MR) is 136 cm³/mol. The van der Waals surface area contributed by atoms with Crippen LogP contribution in [-0.4, -0.2) is 58.6 Å². The van der Waals surface area contributed by atoms with Crippen molar-refractivity contribution in [3.05, 3.63) is 55.6 Å². The van der Waals surface area contributed by atoms with Crippen molar-refractivity contribution in [1.82, 2.24) is 9.97 Å². The van der Waals surface area contributed by atoms with E-state index in [1.165, 1.54) is 27.2 Å². The number of nitrogens with zero attached hydrogens (tertiary/aromatic N) is 3. The van der Waals surface area contributed by atoms with Gasteiger partial charge in [-0.25, -0.2) is 19.6 Å². The van der Waals surface area contributed by atoms with Crippen LogP contribution >= 0.6 is 45.8 Å². The molecule has 0 atom stereocenters. The molecule has 2 heterocycles. The number of aryl methyl sites for hydroxylation is 2. The number of alkyl halides is 1. The van der Waals surface area contributed by atoms with Gasteiger partial charge in [0.15, 0.2) is 0 Å². The minimum atomic E-state index is -0.472. The number of ether oxygens (including phenoxy) is 2. The van der Waals surface area contributed by atoms with Gasteiger partial charge in [-0.05, 0) is 72.3 Å². The third kappa shape index (κ3) is 34.2. The summed E-state index contributed by atoms with van der Waals surface area (Å²) in [7, 11) is 2.65. The van der Waals surface area contributed by atoms with Crippen LogP contribution in [0.25, 0.3) is 0 Å². The minimum Gasteiger partial charge on any atom is -0.186 e. The summed E-state index contributed by atoms with van der Waals surface area (Å²) in [5.74, 6) is -0.864. The predicted octanol–water partition coefficient (Wildman–Crippen LogP) is -2.59. The second-order valence-electron chi connectivity index (χ2n) is 5.52. The van der Waals surface area contributed by atoms with E-state index >= 15 is 0 Å². The molecule has 0 unspecified atom stereocenters. The molecule has 0 fully saturated rings. The maximum absolute atomic E-state index is 11.0. The number of carbonyl (C=O) groups excluding carboxylic acids is 7. The summed E-state index contributed by atoms with van der Waals surface area (Å²) in [5, 5.41) is 7.80. The van der Waals surface area contributed by atoms with Crippen LogP contribution in [0.5, 0.6) is 0 Å². The van der Waals surface area contributed by atoms with E-state index in [9.17, 15) is 14.4 Å². The number of hydrogen-bond acceptors (Lipinski definition) is 12. The van der Waals surface area contributed by atoms with E-state index in [-0.39, 0.29) is 74.0 Å². The van der Waals surface area contributed by atoms with Crippen LogP contribution in [0, 0.1) is 26.8 Å². The molecular formula is C22H22Cl2I2N3NaO9. The van der Waals surface area contributed by atoms with Crippen LogP contribution < -0.4 is 50.8 Å². The summed E-state index contributed by atoms with van der Waals surface area (Å²) in [6.45, 7) is 4.90. The normalized spacial score (nSPS) is 7.59. The molecule has 2 aromatic rings. The average Bonchev–Trinajstić information content (AvgIpc) is 2.83. The van der Waals surface area contributed by atoms with Crippen molar-refractivity contribution in [2.24, 2.45) is 0 Å². The number of rotatable bonds is 2. The molecule has 0 saturated heterocycles. The quantitative estimate of drug-likeness (QED) is 0.101. The van der Waals surface area contributed by atoms with Gasteiger partial charge in [0.1, 0.15) is 11.4 Å². The fourth-order valence-corrected chi connectivity index (χ4v) is 2.68. The largest absolute Gasteiger partial charge is 1.00 e. The maximum Gasteiger partial charge on any atom is 1.00 e. The van der Waals surface area contributed by atoms with Crippen molar-refractivity contribution >= 4 is 75.3 Å². The van der Waals surface area contributed by atoms with E-state index in [1.54, 1.807) is 19.1 Å². The molecule has 208 valence electrons. The van der Waals surface area contributed by atoms with Crippen LogP contribution in [0.3, 0.4) is 0 Å². The third-order valence-corrected chi connectivity index (χ3v) is 4.03. The summed E-state index contributed by atoms with van der Waals surface area (Å²) in [6, 6.07) is 6.74. The van der Waals surface area contributed by atoms with Gasteiger partial charge in [-0.15, -0.1) is 0 Å². The Balaban J connectivity index is -0.000000133. The van der Waals surface area contributed by atoms with Gasteiger partial charge in [0.05, 0.1) is 14.2 Å². The van der Waals surface area contributed by atoms with Gasteiger partial charge >= 0.3 is 89.3 Å². The van der Waals surface area contributed by atoms with E-state index in [0.717, 1.165) is 9.26 Å². The summed E-state index contributed by atoms with van der Waals surface area (Å²) >= 11 is 12.4. The van der Waals surface area contributed by atoms with Gasteiger partial charge in [-0.3, -0.25) is 4.79 Å². The summed E-state index contributed by atoms with van der Waals surface area (Å²) in [6.07, 6.45) is 0.500. The fourth-order valence-electron chi connectivity index (χ4n) is 1.67. The molecule has 0 spiro atoms. The molecule has 0 aromatic carbocycles. The average molecular weight is 820 g/mol. The molecule has 0 amide bonds. The first-order valence-corrected chi connectivity index (χ1v) is 14.3. The number of aromatic nitrogens is 2. The van der Waals surface area contributed by atoms with E-state index in [2.05, 4.69) is 53.6 Å². The number of halogens is 4. The van der Waals surface area contributed by atoms with Gasteiger partial charge in [0, 0.05) is 26.9 Å². The Morgan fingerprint density at radius 3 is 1.46 bits per heavy atom. The van der Waals surface area contributed by atoms with Crippen molar-refractivity contribution in [3.63, 3.8) is 0 Å². The molecule has 0 bridgehead atoms. The molecule has 0 aliphatic rings. The number of methoxy groups -OCH3 is 2. The molecule has 0 aliphatic heterocycles. The van der Waals surface area contributed by atoms with Crippen LogP contribution in [0.1, 0.15) is 39.3 Å². The Hall–Kier alpha value is -1.80. The zero-order chi connectivity index (χ0) is 30.7. The van der Waals surface area contributed by atoms with Crippen molar-refractivity contribution in [3.8, 4) is 4.08 Å². The molecule has 0 aliphatic carbocycles. The fraction of sp³-hybridized carbons (Fsp3) is 0.273. The Morgan fingerprint density at radius 2 is 1.21 bits per heavy atom. The molecule has 39 heavy (non-hydrogen) atoms. The van der Waals surface area contributed by atoms with Crippen LogP contribution in [0.4, 0.5) is 0 Å². The molecule has 0 saturated carbocycles. The Labute approximate surface area is 281 Å². The third-order valence-electron chi connectivity index (χ3n) is 2.71. The van der Waals surface area contributed by atoms with Gasteiger partial charge in [0.2, 0.25) is 5.24 Å². The summed E-state index contributed by atoms with van der Waals surface area (Å²) in [4.78, 5) is 73.6. The van der Waals surface area contributed by atoms with Gasteiger partial charge in [-0.2, -0.15) is 19.2 Å². The molecule has 2 rings (SSSR count). The zero-order valence-corrected chi connectivity index (χ0v) is 29.7. The van der Waals surface area contributed by atoms with E-state index in [4.69, 9.17) is 36.0 Å². The van der Waals surface area contributed by atoms with Crippen molar-refractivity contribution in [2.45, 2.75) is 20.8 Å². The van der Waals surface area contributed by atoms with Crippen molar-refractivity contribution in [2.75, 3.05) is 19.2 Å². The van der Waals surface area contributed by atoms with Crippen LogP contribution in [-0.2, 0) is 33.4 Å². The first kappa shape index (κ1) is 47.0. The van der Waals surface area contributed by atoms with Crippen molar-refractivity contribution in [1.29, 1.82) is 5.26 Å². The number of hydrogen-bond donors (Lipinski definition) is 0.